The molecule has 102 valence electrons. The van der Waals surface area contributed by atoms with E-state index in [0.29, 0.717) is 12.6 Å². The molecule has 1 heterocycles. The summed E-state index contributed by atoms with van der Waals surface area (Å²) in [6.07, 6.45) is 11.7. The fourth-order valence-electron chi connectivity index (χ4n) is 2.83. The minimum atomic E-state index is -0.196. The van der Waals surface area contributed by atoms with Crippen LogP contribution in [-0.2, 0) is 6.54 Å². The number of hydrogen-bond donors (Lipinski definition) is 2. The number of imidazole rings is 1. The molecule has 0 amide bonds. The lowest BCUT2D eigenvalue weighted by Gasteiger charge is -2.19. The molecule has 18 heavy (non-hydrogen) atoms. The number of nitrogens with one attached hydrogen (secondary N) is 1. The Hall–Kier alpha value is -0.870. The molecule has 0 radical (unpaired) electrons. The maximum Gasteiger partial charge on any atom is 0.0946 e. The van der Waals surface area contributed by atoms with E-state index in [1.807, 2.05) is 12.5 Å². The van der Waals surface area contributed by atoms with E-state index in [0.717, 1.165) is 18.9 Å². The van der Waals surface area contributed by atoms with Crippen LogP contribution in [0.4, 0.5) is 0 Å². The maximum absolute atomic E-state index is 10.0. The molecule has 0 saturated heterocycles. The number of aliphatic hydroxyl groups excluding tert-OH is 1. The number of hydrogen-bond acceptors (Lipinski definition) is 3. The Kier molecular flexibility index (Phi) is 5.20. The molecular formula is C14H25N3O. The minimum absolute atomic E-state index is 0.196. The first-order valence-corrected chi connectivity index (χ1v) is 7.11. The first kappa shape index (κ1) is 13.6. The summed E-state index contributed by atoms with van der Waals surface area (Å²) in [5, 5.41) is 13.4. The first-order chi connectivity index (χ1) is 8.74. The lowest BCUT2D eigenvalue weighted by atomic mass is 10.00. The zero-order valence-corrected chi connectivity index (χ0v) is 11.3. The van der Waals surface area contributed by atoms with Crippen LogP contribution >= 0.6 is 0 Å². The van der Waals surface area contributed by atoms with Gasteiger partial charge in [0.25, 0.3) is 0 Å². The van der Waals surface area contributed by atoms with Crippen LogP contribution in [-0.4, -0.2) is 33.3 Å². The second kappa shape index (κ2) is 6.90. The molecule has 1 aliphatic carbocycles. The Morgan fingerprint density at radius 3 is 2.89 bits per heavy atom. The highest BCUT2D eigenvalue weighted by atomic mass is 16.3. The first-order valence-electron chi connectivity index (χ1n) is 7.11. The van der Waals surface area contributed by atoms with Gasteiger partial charge in [0.1, 0.15) is 0 Å². The summed E-state index contributed by atoms with van der Waals surface area (Å²) in [7, 11) is 0. The van der Waals surface area contributed by atoms with Crippen LogP contribution in [0.3, 0.4) is 0 Å². The number of aromatic nitrogens is 2. The van der Waals surface area contributed by atoms with E-state index in [9.17, 15) is 5.11 Å². The third-order valence-electron chi connectivity index (χ3n) is 3.83. The van der Waals surface area contributed by atoms with Gasteiger partial charge in [-0.05, 0) is 19.3 Å². The third kappa shape index (κ3) is 4.42. The molecule has 4 heteroatoms. The average Bonchev–Trinajstić information content (AvgIpc) is 2.99. The Bertz CT molecular complexity index is 320. The molecule has 2 N–H and O–H groups in total. The molecule has 2 unspecified atom stereocenters. The Morgan fingerprint density at radius 2 is 2.22 bits per heavy atom. The monoisotopic (exact) mass is 251 g/mol. The van der Waals surface area contributed by atoms with Gasteiger partial charge in [-0.2, -0.15) is 0 Å². The smallest absolute Gasteiger partial charge is 0.0946 e. The van der Waals surface area contributed by atoms with Crippen molar-refractivity contribution in [1.29, 1.82) is 0 Å². The van der Waals surface area contributed by atoms with Crippen LogP contribution in [0.25, 0.3) is 0 Å². The molecule has 1 aromatic rings. The van der Waals surface area contributed by atoms with Crippen LogP contribution < -0.4 is 5.32 Å². The predicted molar refractivity (Wildman–Crippen MR) is 72.3 cm³/mol. The van der Waals surface area contributed by atoms with E-state index in [2.05, 4.69) is 21.8 Å². The van der Waals surface area contributed by atoms with Crippen LogP contribution in [0.2, 0.25) is 0 Å². The lowest BCUT2D eigenvalue weighted by molar-refractivity contribution is 0.136. The van der Waals surface area contributed by atoms with Crippen molar-refractivity contribution in [3.05, 3.63) is 18.7 Å². The van der Waals surface area contributed by atoms with Gasteiger partial charge in [0.15, 0.2) is 0 Å². The second-order valence-corrected chi connectivity index (χ2v) is 5.61. The number of nitrogens with zero attached hydrogens (tertiary/aromatic N) is 2. The van der Waals surface area contributed by atoms with Crippen LogP contribution in [0, 0.1) is 5.92 Å². The van der Waals surface area contributed by atoms with Gasteiger partial charge in [-0.25, -0.2) is 4.98 Å². The highest BCUT2D eigenvalue weighted by molar-refractivity contribution is 4.77. The molecule has 1 fully saturated rings. The maximum atomic E-state index is 10.0. The molecule has 1 aromatic heterocycles. The van der Waals surface area contributed by atoms with Gasteiger partial charge in [-0.3, -0.25) is 0 Å². The molecule has 0 aliphatic heterocycles. The topological polar surface area (TPSA) is 50.1 Å². The zero-order valence-electron chi connectivity index (χ0n) is 11.3. The summed E-state index contributed by atoms with van der Waals surface area (Å²) in [6, 6.07) is 0.359. The van der Waals surface area contributed by atoms with Crippen LogP contribution in [0.5, 0.6) is 0 Å². The molecule has 1 saturated carbocycles. The second-order valence-electron chi connectivity index (χ2n) is 5.61. The zero-order chi connectivity index (χ0) is 12.8. The Labute approximate surface area is 109 Å². The van der Waals surface area contributed by atoms with Gasteiger partial charge in [0, 0.05) is 31.5 Å². The molecular weight excluding hydrogens is 226 g/mol. The molecule has 2 atom stereocenters. The normalized spacial score (nSPS) is 20.1. The van der Waals surface area contributed by atoms with Crippen molar-refractivity contribution in [3.8, 4) is 0 Å². The van der Waals surface area contributed by atoms with Gasteiger partial charge in [-0.1, -0.05) is 25.7 Å². The summed E-state index contributed by atoms with van der Waals surface area (Å²) in [6.45, 7) is 3.74. The van der Waals surface area contributed by atoms with E-state index in [-0.39, 0.29) is 6.10 Å². The number of aliphatic hydroxyl groups is 1. The minimum Gasteiger partial charge on any atom is -0.392 e. The summed E-state index contributed by atoms with van der Waals surface area (Å²) in [4.78, 5) is 4.02. The molecule has 2 rings (SSSR count). The standard InChI is InChI=1S/C14H25N3O/c1-12(10-17-7-6-15-11-17)16-9-14(18)8-13-4-2-3-5-13/h6-7,11-14,16,18H,2-5,8-10H2,1H3. The predicted octanol–water partition coefficient (Wildman–Crippen LogP) is 1.80. The van der Waals surface area contributed by atoms with Crippen LogP contribution in [0.1, 0.15) is 39.0 Å². The largest absolute Gasteiger partial charge is 0.392 e. The lowest BCUT2D eigenvalue weighted by Crippen LogP contribution is -2.36. The van der Waals surface area contributed by atoms with E-state index in [1.165, 1.54) is 25.7 Å². The molecule has 0 bridgehead atoms. The van der Waals surface area contributed by atoms with E-state index < -0.39 is 0 Å². The van der Waals surface area contributed by atoms with Crippen molar-refractivity contribution in [3.63, 3.8) is 0 Å². The van der Waals surface area contributed by atoms with E-state index >= 15 is 0 Å². The van der Waals surface area contributed by atoms with Crippen molar-refractivity contribution < 1.29 is 5.11 Å². The molecule has 4 nitrogen and oxygen atoms in total. The Balaban J connectivity index is 1.61. The fraction of sp³-hybridized carbons (Fsp3) is 0.786. The van der Waals surface area contributed by atoms with Gasteiger partial charge in [0.05, 0.1) is 12.4 Å². The SMILES string of the molecule is CC(Cn1ccnc1)NCC(O)CC1CCCC1. The summed E-state index contributed by atoms with van der Waals surface area (Å²) < 4.78 is 2.06. The summed E-state index contributed by atoms with van der Waals surface area (Å²) in [5.41, 5.74) is 0. The van der Waals surface area contributed by atoms with Crippen molar-refractivity contribution in [1.82, 2.24) is 14.9 Å². The molecule has 1 aliphatic rings. The third-order valence-corrected chi connectivity index (χ3v) is 3.83. The van der Waals surface area contributed by atoms with E-state index in [1.54, 1.807) is 6.20 Å². The number of rotatable bonds is 7. The van der Waals surface area contributed by atoms with Gasteiger partial charge in [-0.15, -0.1) is 0 Å². The van der Waals surface area contributed by atoms with Crippen molar-refractivity contribution in [2.24, 2.45) is 5.92 Å². The van der Waals surface area contributed by atoms with Crippen molar-refractivity contribution in [2.75, 3.05) is 6.54 Å². The Morgan fingerprint density at radius 1 is 1.44 bits per heavy atom. The van der Waals surface area contributed by atoms with E-state index in [4.69, 9.17) is 0 Å². The van der Waals surface area contributed by atoms with Gasteiger partial charge >= 0.3 is 0 Å². The van der Waals surface area contributed by atoms with Crippen LogP contribution in [0.15, 0.2) is 18.7 Å². The fourth-order valence-corrected chi connectivity index (χ4v) is 2.83. The quantitative estimate of drug-likeness (QED) is 0.777. The van der Waals surface area contributed by atoms with Gasteiger partial charge in [0.2, 0.25) is 0 Å². The van der Waals surface area contributed by atoms with Crippen molar-refractivity contribution >= 4 is 0 Å². The molecule has 0 aromatic carbocycles. The highest BCUT2D eigenvalue weighted by Gasteiger charge is 2.18. The van der Waals surface area contributed by atoms with Gasteiger partial charge < -0.3 is 15.0 Å². The average molecular weight is 251 g/mol. The summed E-state index contributed by atoms with van der Waals surface area (Å²) >= 11 is 0. The highest BCUT2D eigenvalue weighted by Crippen LogP contribution is 2.28. The molecule has 0 spiro atoms. The summed E-state index contributed by atoms with van der Waals surface area (Å²) in [5.74, 6) is 0.755. The van der Waals surface area contributed by atoms with Crippen molar-refractivity contribution in [2.45, 2.75) is 57.7 Å².